The van der Waals surface area contributed by atoms with Crippen LogP contribution in [0.3, 0.4) is 0 Å². The van der Waals surface area contributed by atoms with Crippen molar-refractivity contribution >= 4 is 55.0 Å². The van der Waals surface area contributed by atoms with Gasteiger partial charge >= 0.3 is 7.82 Å². The van der Waals surface area contributed by atoms with Crippen LogP contribution in [0.1, 0.15) is 22.3 Å². The van der Waals surface area contributed by atoms with Crippen LogP contribution in [0.15, 0.2) is 105 Å². The van der Waals surface area contributed by atoms with Crippen molar-refractivity contribution in [2.24, 2.45) is 0 Å². The molecule has 0 saturated carbocycles. The lowest BCUT2D eigenvalue weighted by Crippen LogP contribution is -1.98. The van der Waals surface area contributed by atoms with Crippen LogP contribution in [0.25, 0.3) is 23.7 Å². The normalized spacial score (nSPS) is 14.0. The number of phenols is 2. The maximum absolute atomic E-state index is 13.5. The number of hydrogen-bond acceptors (Lipinski definition) is 7. The summed E-state index contributed by atoms with van der Waals surface area (Å²) in [7, 11) is -4.75. The Balaban J connectivity index is 1.42. The van der Waals surface area contributed by atoms with Gasteiger partial charge in [0.2, 0.25) is 0 Å². The molecule has 4 aromatic carbocycles. The van der Waals surface area contributed by atoms with E-state index in [0.29, 0.717) is 20.9 Å². The van der Waals surface area contributed by atoms with Crippen molar-refractivity contribution in [3.8, 4) is 11.5 Å². The molecule has 0 spiro atoms. The average molecular weight is 547 g/mol. The van der Waals surface area contributed by atoms with Crippen LogP contribution >= 0.6 is 31.3 Å². The first-order valence-electron chi connectivity index (χ1n) is 11.2. The first-order chi connectivity index (χ1) is 17.9. The van der Waals surface area contributed by atoms with E-state index in [9.17, 15) is 19.7 Å². The molecule has 9 heteroatoms. The van der Waals surface area contributed by atoms with Gasteiger partial charge < -0.3 is 19.3 Å². The molecular formula is C28H19O6PS2. The van der Waals surface area contributed by atoms with Crippen molar-refractivity contribution in [3.05, 3.63) is 107 Å². The second kappa shape index (κ2) is 9.39. The van der Waals surface area contributed by atoms with E-state index < -0.39 is 7.82 Å². The van der Waals surface area contributed by atoms with Gasteiger partial charge in [0, 0.05) is 20.9 Å². The van der Waals surface area contributed by atoms with Gasteiger partial charge in [-0.05, 0) is 59.7 Å². The number of phenolic OH excluding ortho intramolecular Hbond substituents is 2. The van der Waals surface area contributed by atoms with Gasteiger partial charge in [-0.1, -0.05) is 72.1 Å². The zero-order chi connectivity index (χ0) is 25.6. The fourth-order valence-electron chi connectivity index (χ4n) is 4.11. The van der Waals surface area contributed by atoms with Gasteiger partial charge in [0.15, 0.2) is 0 Å². The minimum Gasteiger partial charge on any atom is -0.507 e. The van der Waals surface area contributed by atoms with Crippen molar-refractivity contribution in [1.29, 1.82) is 0 Å². The first-order valence-corrected chi connectivity index (χ1v) is 14.3. The molecule has 2 aliphatic heterocycles. The number of benzene rings is 4. The Morgan fingerprint density at radius 1 is 0.595 bits per heavy atom. The largest absolute Gasteiger partial charge is 0.584 e. The van der Waals surface area contributed by atoms with E-state index in [1.54, 1.807) is 48.6 Å². The Hall–Kier alpha value is -3.55. The smallest absolute Gasteiger partial charge is 0.507 e. The van der Waals surface area contributed by atoms with E-state index in [-0.39, 0.29) is 23.0 Å². The monoisotopic (exact) mass is 546 g/mol. The van der Waals surface area contributed by atoms with Crippen LogP contribution in [0.5, 0.6) is 11.5 Å². The van der Waals surface area contributed by atoms with Crippen LogP contribution in [0.4, 0.5) is 0 Å². The van der Waals surface area contributed by atoms with E-state index in [2.05, 4.69) is 0 Å². The molecule has 2 aliphatic rings. The minimum atomic E-state index is -4.75. The molecule has 4 aromatic rings. The quantitative estimate of drug-likeness (QED) is 0.223. The number of hydrogen-bond donors (Lipinski definition) is 3. The maximum atomic E-state index is 13.5. The number of phosphoric ester groups is 1. The summed E-state index contributed by atoms with van der Waals surface area (Å²) < 4.78 is 24.9. The Labute approximate surface area is 221 Å². The Kier molecular flexibility index (Phi) is 6.05. The highest BCUT2D eigenvalue weighted by Gasteiger charge is 2.33. The first kappa shape index (κ1) is 23.8. The van der Waals surface area contributed by atoms with Crippen molar-refractivity contribution in [1.82, 2.24) is 0 Å². The molecule has 0 fully saturated rings. The number of rotatable bonds is 4. The van der Waals surface area contributed by atoms with Gasteiger partial charge in [-0.3, -0.25) is 4.89 Å². The predicted molar refractivity (Wildman–Crippen MR) is 145 cm³/mol. The molecule has 2 heterocycles. The molecule has 0 bridgehead atoms. The fourth-order valence-corrected chi connectivity index (χ4v) is 7.08. The van der Waals surface area contributed by atoms with Crippen LogP contribution < -0.4 is 0 Å². The van der Waals surface area contributed by atoms with Gasteiger partial charge in [0.1, 0.15) is 23.0 Å². The number of aromatic hydroxyl groups is 2. The second-order valence-corrected chi connectivity index (χ2v) is 11.7. The van der Waals surface area contributed by atoms with Gasteiger partial charge in [-0.25, -0.2) is 4.57 Å². The summed E-state index contributed by atoms with van der Waals surface area (Å²) in [6.45, 7) is 0. The average Bonchev–Trinajstić information content (AvgIpc) is 3.13. The van der Waals surface area contributed by atoms with Gasteiger partial charge in [0.25, 0.3) is 0 Å². The SMILES string of the molecule is O=P(O)(OC1=Cc2ccccc2Sc2c(O)cccc21)OC1=Cc2ccccc2Sc2c(O)cccc21. The minimum absolute atomic E-state index is 0.0342. The molecule has 6 nitrogen and oxygen atoms in total. The van der Waals surface area contributed by atoms with E-state index in [4.69, 9.17) is 9.05 Å². The number of fused-ring (bicyclic) bond motifs is 4. The summed E-state index contributed by atoms with van der Waals surface area (Å²) in [6.07, 6.45) is 3.32. The molecule has 0 radical (unpaired) electrons. The Bertz CT molecular complexity index is 1540. The van der Waals surface area contributed by atoms with Gasteiger partial charge in [0.05, 0.1) is 9.79 Å². The highest BCUT2D eigenvalue weighted by Crippen LogP contribution is 2.56. The van der Waals surface area contributed by atoms with Crippen LogP contribution in [-0.2, 0) is 13.6 Å². The van der Waals surface area contributed by atoms with E-state index in [1.807, 2.05) is 48.5 Å². The molecule has 0 aromatic heterocycles. The van der Waals surface area contributed by atoms with E-state index in [1.165, 1.54) is 23.5 Å². The zero-order valence-corrected chi connectivity index (χ0v) is 21.6. The lowest BCUT2D eigenvalue weighted by Gasteiger charge is -2.19. The molecule has 0 saturated heterocycles. The third-order valence-electron chi connectivity index (χ3n) is 5.78. The van der Waals surface area contributed by atoms with Crippen molar-refractivity contribution in [3.63, 3.8) is 0 Å². The summed E-state index contributed by atoms with van der Waals surface area (Å²) in [4.78, 5) is 13.7. The molecule has 0 amide bonds. The Morgan fingerprint density at radius 3 is 1.49 bits per heavy atom. The Morgan fingerprint density at radius 2 is 1.03 bits per heavy atom. The molecule has 0 aliphatic carbocycles. The molecule has 0 unspecified atom stereocenters. The lowest BCUT2D eigenvalue weighted by atomic mass is 10.1. The van der Waals surface area contributed by atoms with Gasteiger partial charge in [-0.15, -0.1) is 0 Å². The summed E-state index contributed by atoms with van der Waals surface area (Å²) in [5.41, 5.74) is 2.47. The molecule has 184 valence electrons. The number of phosphoric acid groups is 1. The standard InChI is InChI=1S/C28H19O6PS2/c29-21-11-5-9-19-23(15-17-7-1-3-13-25(17)36-27(19)21)33-35(31,32)34-24-16-18-8-2-4-14-26(18)37-28-20(24)10-6-12-22(28)30/h1-16,29-30H,(H,31,32). The maximum Gasteiger partial charge on any atom is 0.584 e. The van der Waals surface area contributed by atoms with Gasteiger partial charge in [-0.2, -0.15) is 0 Å². The zero-order valence-electron chi connectivity index (χ0n) is 19.1. The van der Waals surface area contributed by atoms with Crippen molar-refractivity contribution < 1.29 is 28.7 Å². The summed E-state index contributed by atoms with van der Waals surface area (Å²) in [6, 6.07) is 24.8. The molecule has 6 rings (SSSR count). The van der Waals surface area contributed by atoms with Crippen molar-refractivity contribution in [2.75, 3.05) is 0 Å². The summed E-state index contributed by atoms with van der Waals surface area (Å²) >= 11 is 2.69. The van der Waals surface area contributed by atoms with Crippen LogP contribution in [-0.4, -0.2) is 15.1 Å². The van der Waals surface area contributed by atoms with E-state index >= 15 is 0 Å². The molecule has 37 heavy (non-hydrogen) atoms. The second-order valence-electron chi connectivity index (χ2n) is 8.26. The fraction of sp³-hybridized carbons (Fsp3) is 0. The topological polar surface area (TPSA) is 96.2 Å². The third-order valence-corrected chi connectivity index (χ3v) is 9.09. The lowest BCUT2D eigenvalue weighted by molar-refractivity contribution is 0.264. The van der Waals surface area contributed by atoms with Crippen LogP contribution in [0.2, 0.25) is 0 Å². The van der Waals surface area contributed by atoms with Crippen LogP contribution in [0, 0.1) is 0 Å². The highest BCUT2D eigenvalue weighted by atomic mass is 32.2. The molecule has 0 atom stereocenters. The predicted octanol–water partition coefficient (Wildman–Crippen LogP) is 7.86. The molecule has 3 N–H and O–H groups in total. The summed E-state index contributed by atoms with van der Waals surface area (Å²) in [5, 5.41) is 21.1. The van der Waals surface area contributed by atoms with E-state index in [0.717, 1.165) is 20.9 Å². The molecular weight excluding hydrogens is 527 g/mol. The highest BCUT2D eigenvalue weighted by molar-refractivity contribution is 7.99. The van der Waals surface area contributed by atoms with Crippen molar-refractivity contribution in [2.45, 2.75) is 19.6 Å². The summed E-state index contributed by atoms with van der Waals surface area (Å²) in [5.74, 6) is 0.252. The third kappa shape index (κ3) is 4.65.